The summed E-state index contributed by atoms with van der Waals surface area (Å²) in [7, 11) is -3.34. The fourth-order valence-corrected chi connectivity index (χ4v) is 5.21. The van der Waals surface area contributed by atoms with Crippen molar-refractivity contribution in [2.75, 3.05) is 13.1 Å². The second-order valence-electron chi connectivity index (χ2n) is 5.25. The topological polar surface area (TPSA) is 49.4 Å². The van der Waals surface area contributed by atoms with Crippen molar-refractivity contribution in [2.45, 2.75) is 36.2 Å². The lowest BCUT2D eigenvalue weighted by molar-refractivity contribution is 0.383. The molecule has 0 aliphatic carbocycles. The maximum atomic E-state index is 12.7. The molecular weight excluding hydrogens is 411 g/mol. The Morgan fingerprint density at radius 1 is 1.20 bits per heavy atom. The highest BCUT2D eigenvalue weighted by atomic mass is 127. The first kappa shape index (κ1) is 16.5. The van der Waals surface area contributed by atoms with Crippen LogP contribution in [0.5, 0.6) is 0 Å². The molecule has 2 unspecified atom stereocenters. The molecule has 2 atom stereocenters. The highest BCUT2D eigenvalue weighted by Crippen LogP contribution is 2.25. The van der Waals surface area contributed by atoms with Gasteiger partial charge >= 0.3 is 0 Å². The summed E-state index contributed by atoms with van der Waals surface area (Å²) >= 11 is 2.15. The van der Waals surface area contributed by atoms with Crippen molar-refractivity contribution in [3.63, 3.8) is 0 Å². The van der Waals surface area contributed by atoms with Gasteiger partial charge in [-0.3, -0.25) is 0 Å². The van der Waals surface area contributed by atoms with E-state index in [0.29, 0.717) is 30.1 Å². The summed E-state index contributed by atoms with van der Waals surface area (Å²) in [4.78, 5) is 0.414. The predicted molar refractivity (Wildman–Crippen MR) is 89.7 cm³/mol. The number of hydrogen-bond donors (Lipinski definition) is 1. The van der Waals surface area contributed by atoms with E-state index in [1.54, 1.807) is 22.5 Å². The molecule has 20 heavy (non-hydrogen) atoms. The Morgan fingerprint density at radius 3 is 2.70 bits per heavy atom. The number of benzene rings is 1. The first-order chi connectivity index (χ1) is 9.05. The van der Waals surface area contributed by atoms with Gasteiger partial charge in [-0.15, -0.1) is 12.4 Å². The maximum Gasteiger partial charge on any atom is 0.243 e. The van der Waals surface area contributed by atoms with E-state index in [-0.39, 0.29) is 12.4 Å². The maximum absolute atomic E-state index is 12.7. The van der Waals surface area contributed by atoms with E-state index >= 15 is 0 Å². The molecule has 1 aromatic rings. The number of sulfonamides is 1. The van der Waals surface area contributed by atoms with Crippen molar-refractivity contribution in [3.8, 4) is 0 Å². The third-order valence-corrected chi connectivity index (χ3v) is 6.45. The van der Waals surface area contributed by atoms with E-state index in [2.05, 4.69) is 27.9 Å². The minimum Gasteiger partial charge on any atom is -0.310 e. The van der Waals surface area contributed by atoms with Gasteiger partial charge in [-0.25, -0.2) is 8.42 Å². The van der Waals surface area contributed by atoms with Crippen molar-refractivity contribution >= 4 is 45.0 Å². The molecule has 2 aliphatic heterocycles. The van der Waals surface area contributed by atoms with E-state index < -0.39 is 10.0 Å². The van der Waals surface area contributed by atoms with Crippen LogP contribution >= 0.6 is 35.0 Å². The van der Waals surface area contributed by atoms with Crippen LogP contribution in [-0.4, -0.2) is 37.9 Å². The Morgan fingerprint density at radius 2 is 1.95 bits per heavy atom. The van der Waals surface area contributed by atoms with Gasteiger partial charge in [0.2, 0.25) is 10.0 Å². The van der Waals surface area contributed by atoms with Gasteiger partial charge in [0, 0.05) is 28.7 Å². The van der Waals surface area contributed by atoms with Crippen LogP contribution in [0.1, 0.15) is 19.3 Å². The molecule has 112 valence electrons. The predicted octanol–water partition coefficient (Wildman–Crippen LogP) is 2.23. The van der Waals surface area contributed by atoms with Crippen LogP contribution in [0.25, 0.3) is 0 Å². The van der Waals surface area contributed by atoms with Gasteiger partial charge in [-0.05, 0) is 60.1 Å². The average Bonchev–Trinajstić information content (AvgIpc) is 2.68. The number of nitrogens with zero attached hydrogens (tertiary/aromatic N) is 1. The van der Waals surface area contributed by atoms with Gasteiger partial charge in [0.25, 0.3) is 0 Å². The quantitative estimate of drug-likeness (QED) is 0.735. The van der Waals surface area contributed by atoms with Crippen molar-refractivity contribution in [2.24, 2.45) is 0 Å². The zero-order valence-corrected chi connectivity index (χ0v) is 14.7. The van der Waals surface area contributed by atoms with Crippen molar-refractivity contribution in [1.82, 2.24) is 9.62 Å². The Kier molecular flexibility index (Phi) is 5.34. The molecule has 2 heterocycles. The minimum absolute atomic E-state index is 0. The summed E-state index contributed by atoms with van der Waals surface area (Å²) in [5, 5.41) is 3.51. The molecule has 0 spiro atoms. The minimum atomic E-state index is -3.34. The molecule has 0 radical (unpaired) electrons. The molecule has 2 fully saturated rings. The lowest BCUT2D eigenvalue weighted by Crippen LogP contribution is -2.39. The van der Waals surface area contributed by atoms with Crippen LogP contribution in [0.15, 0.2) is 29.2 Å². The van der Waals surface area contributed by atoms with E-state index in [1.165, 1.54) is 6.42 Å². The first-order valence-electron chi connectivity index (χ1n) is 6.57. The van der Waals surface area contributed by atoms with E-state index in [9.17, 15) is 8.42 Å². The second-order valence-corrected chi connectivity index (χ2v) is 8.43. The van der Waals surface area contributed by atoms with Crippen LogP contribution < -0.4 is 5.32 Å². The molecule has 2 bridgehead atoms. The van der Waals surface area contributed by atoms with E-state index in [1.807, 2.05) is 6.07 Å². The zero-order chi connectivity index (χ0) is 13.5. The average molecular weight is 429 g/mol. The molecule has 3 rings (SSSR count). The Bertz CT molecular complexity index is 581. The fourth-order valence-electron chi connectivity index (χ4n) is 2.91. The summed E-state index contributed by atoms with van der Waals surface area (Å²) in [6.07, 6.45) is 3.18. The van der Waals surface area contributed by atoms with Gasteiger partial charge in [0.05, 0.1) is 4.90 Å². The standard InChI is InChI=1S/C13H17IN2O2S.ClH/c14-10-2-1-3-13(8-10)19(17,18)16-7-6-11-4-5-12(9-16)15-11;/h1-3,8,11-12,15H,4-7,9H2;1H. The smallest absolute Gasteiger partial charge is 0.243 e. The Balaban J connectivity index is 0.00000147. The number of halogens is 2. The van der Waals surface area contributed by atoms with Crippen LogP contribution in [0, 0.1) is 3.57 Å². The summed E-state index contributed by atoms with van der Waals surface area (Å²) in [5.74, 6) is 0. The molecular formula is C13H18ClIN2O2S. The molecule has 4 nitrogen and oxygen atoms in total. The Hall–Kier alpha value is 0.110. The van der Waals surface area contributed by atoms with Gasteiger partial charge in [-0.1, -0.05) is 6.07 Å². The van der Waals surface area contributed by atoms with Gasteiger partial charge in [0.15, 0.2) is 0 Å². The molecule has 1 N–H and O–H groups in total. The van der Waals surface area contributed by atoms with Crippen molar-refractivity contribution in [1.29, 1.82) is 0 Å². The molecule has 0 amide bonds. The second kappa shape index (κ2) is 6.48. The molecule has 1 aromatic carbocycles. The van der Waals surface area contributed by atoms with Crippen LogP contribution in [0.3, 0.4) is 0 Å². The zero-order valence-electron chi connectivity index (χ0n) is 11.0. The summed E-state index contributed by atoms with van der Waals surface area (Å²) in [6.45, 7) is 1.23. The third-order valence-electron chi connectivity index (χ3n) is 3.92. The molecule has 0 aromatic heterocycles. The first-order valence-corrected chi connectivity index (χ1v) is 9.09. The molecule has 2 saturated heterocycles. The van der Waals surface area contributed by atoms with Crippen molar-refractivity contribution in [3.05, 3.63) is 27.8 Å². The van der Waals surface area contributed by atoms with Gasteiger partial charge in [0.1, 0.15) is 0 Å². The highest BCUT2D eigenvalue weighted by Gasteiger charge is 2.34. The third kappa shape index (κ3) is 3.30. The van der Waals surface area contributed by atoms with E-state index in [0.717, 1.165) is 16.4 Å². The normalized spacial score (nSPS) is 26.9. The summed E-state index contributed by atoms with van der Waals surface area (Å²) < 4.78 is 27.9. The number of nitrogens with one attached hydrogen (secondary N) is 1. The molecule has 2 aliphatic rings. The largest absolute Gasteiger partial charge is 0.310 e. The van der Waals surface area contributed by atoms with Crippen LogP contribution in [0.2, 0.25) is 0 Å². The van der Waals surface area contributed by atoms with Gasteiger partial charge in [-0.2, -0.15) is 4.31 Å². The monoisotopic (exact) mass is 428 g/mol. The number of fused-ring (bicyclic) bond motifs is 2. The molecule has 7 heteroatoms. The lowest BCUT2D eigenvalue weighted by atomic mass is 10.1. The Labute approximate surface area is 139 Å². The van der Waals surface area contributed by atoms with E-state index in [4.69, 9.17) is 0 Å². The molecule has 0 saturated carbocycles. The van der Waals surface area contributed by atoms with Crippen molar-refractivity contribution < 1.29 is 8.42 Å². The summed E-state index contributed by atoms with van der Waals surface area (Å²) in [6, 6.07) is 7.97. The lowest BCUT2D eigenvalue weighted by Gasteiger charge is -2.23. The highest BCUT2D eigenvalue weighted by molar-refractivity contribution is 14.1. The fraction of sp³-hybridized carbons (Fsp3) is 0.538. The van der Waals surface area contributed by atoms with Gasteiger partial charge < -0.3 is 5.32 Å². The van der Waals surface area contributed by atoms with Crippen LogP contribution in [-0.2, 0) is 10.0 Å². The SMILES string of the molecule is Cl.O=S(=O)(c1cccc(I)c1)N1CCC2CCC(C1)N2. The van der Waals surface area contributed by atoms with Crippen LogP contribution in [0.4, 0.5) is 0 Å². The number of rotatable bonds is 2. The summed E-state index contributed by atoms with van der Waals surface area (Å²) in [5.41, 5.74) is 0. The number of hydrogen-bond acceptors (Lipinski definition) is 3.